The van der Waals surface area contributed by atoms with Crippen molar-refractivity contribution in [2.24, 2.45) is 11.3 Å². The predicted octanol–water partition coefficient (Wildman–Crippen LogP) is 2.80. The number of nitrogens with one attached hydrogen (secondary N) is 4. The first-order valence-corrected chi connectivity index (χ1v) is 13.8. The van der Waals surface area contributed by atoms with Gasteiger partial charge in [-0.3, -0.25) is 19.7 Å². The molecule has 1 spiro atoms. The number of halogens is 1. The average molecular weight is 540 g/mol. The summed E-state index contributed by atoms with van der Waals surface area (Å²) in [4.78, 5) is 43.0. The summed E-state index contributed by atoms with van der Waals surface area (Å²) < 4.78 is 5.95. The molecule has 1 aromatic heterocycles. The first-order chi connectivity index (χ1) is 18.4. The molecule has 4 N–H and O–H groups in total. The van der Waals surface area contributed by atoms with E-state index in [1.165, 1.54) is 0 Å². The number of amides is 2. The van der Waals surface area contributed by atoms with Crippen molar-refractivity contribution >= 4 is 40.1 Å². The number of alkyl halides is 1. The zero-order valence-electron chi connectivity index (χ0n) is 21.5. The van der Waals surface area contributed by atoms with Gasteiger partial charge in [0.2, 0.25) is 11.8 Å². The maximum Gasteiger partial charge on any atom is 0.240 e. The lowest BCUT2D eigenvalue weighted by atomic mass is 9.65. The van der Waals surface area contributed by atoms with Gasteiger partial charge in [0.15, 0.2) is 5.78 Å². The number of para-hydroxylation sites is 1. The fraction of sp³-hybridized carbons (Fsp3) is 0.571. The second-order valence-electron chi connectivity index (χ2n) is 10.9. The van der Waals surface area contributed by atoms with Crippen LogP contribution in [0.5, 0.6) is 0 Å². The van der Waals surface area contributed by atoms with Gasteiger partial charge in [0.05, 0.1) is 23.9 Å². The highest BCUT2D eigenvalue weighted by Gasteiger charge is 2.61. The highest BCUT2D eigenvalue weighted by Crippen LogP contribution is 2.50. The van der Waals surface area contributed by atoms with E-state index in [-0.39, 0.29) is 29.4 Å². The minimum atomic E-state index is -0.851. The van der Waals surface area contributed by atoms with E-state index in [1.807, 2.05) is 30.3 Å². The van der Waals surface area contributed by atoms with Gasteiger partial charge in [-0.15, -0.1) is 11.6 Å². The van der Waals surface area contributed by atoms with Crippen LogP contribution in [0, 0.1) is 22.7 Å². The average Bonchev–Trinajstić information content (AvgIpc) is 3.48. The number of H-pyrrole nitrogens is 1. The van der Waals surface area contributed by atoms with Crippen molar-refractivity contribution in [2.45, 2.75) is 74.6 Å². The number of nitrogens with zero attached hydrogens (tertiary/aromatic N) is 1. The number of Topliss-reactive ketones (excluding diaryl/α,β-unsaturated/α-hetero) is 1. The van der Waals surface area contributed by atoms with E-state index < -0.39 is 35.6 Å². The molecule has 202 valence electrons. The van der Waals surface area contributed by atoms with E-state index in [1.54, 1.807) is 7.11 Å². The molecule has 2 saturated heterocycles. The Morgan fingerprint density at radius 1 is 1.29 bits per heavy atom. The third kappa shape index (κ3) is 4.93. The number of carbonyl (C=O) groups is 3. The molecule has 0 bridgehead atoms. The summed E-state index contributed by atoms with van der Waals surface area (Å²) in [5, 5.41) is 19.5. The zero-order chi connectivity index (χ0) is 26.9. The van der Waals surface area contributed by atoms with Crippen LogP contribution in [-0.2, 0) is 14.3 Å². The molecular weight excluding hydrogens is 506 g/mol. The summed E-state index contributed by atoms with van der Waals surface area (Å²) in [6.45, 7) is 0.635. The lowest BCUT2D eigenvalue weighted by Crippen LogP contribution is -2.52. The van der Waals surface area contributed by atoms with Gasteiger partial charge in [-0.25, -0.2) is 0 Å². The molecule has 1 aromatic carbocycles. The quantitative estimate of drug-likeness (QED) is 0.315. The van der Waals surface area contributed by atoms with Gasteiger partial charge < -0.3 is 20.4 Å². The molecular formula is C28H34ClN5O4. The SMILES string of the molecule is COC1C(C(=O)NC(C#N)C[C@@H]2CCCNC2=O)NC(C(=O)c2cc3ccccc3[nH]2)C12CCCC(Cl)C2. The zero-order valence-corrected chi connectivity index (χ0v) is 22.2. The van der Waals surface area contributed by atoms with Gasteiger partial charge in [-0.2, -0.15) is 5.26 Å². The number of ketones is 1. The van der Waals surface area contributed by atoms with Crippen molar-refractivity contribution in [3.63, 3.8) is 0 Å². The molecule has 1 saturated carbocycles. The number of aromatic amines is 1. The van der Waals surface area contributed by atoms with Crippen LogP contribution in [0.2, 0.25) is 0 Å². The second-order valence-corrected chi connectivity index (χ2v) is 11.5. The Balaban J connectivity index is 1.41. The fourth-order valence-corrected chi connectivity index (χ4v) is 7.19. The maximum absolute atomic E-state index is 14.0. The number of benzene rings is 1. The van der Waals surface area contributed by atoms with Gasteiger partial charge >= 0.3 is 0 Å². The van der Waals surface area contributed by atoms with Crippen molar-refractivity contribution in [1.82, 2.24) is 20.9 Å². The van der Waals surface area contributed by atoms with Crippen LogP contribution in [0.15, 0.2) is 30.3 Å². The van der Waals surface area contributed by atoms with Crippen LogP contribution in [0.3, 0.4) is 0 Å². The molecule has 5 rings (SSSR count). The lowest BCUT2D eigenvalue weighted by Gasteiger charge is -2.43. The van der Waals surface area contributed by atoms with Crippen LogP contribution < -0.4 is 16.0 Å². The second kappa shape index (κ2) is 11.0. The fourth-order valence-electron chi connectivity index (χ4n) is 6.75. The number of aromatic nitrogens is 1. The van der Waals surface area contributed by atoms with E-state index in [9.17, 15) is 19.6 Å². The molecule has 3 heterocycles. The maximum atomic E-state index is 14.0. The molecule has 0 radical (unpaired) electrons. The molecule has 1 aliphatic carbocycles. The number of piperidine rings is 1. The minimum Gasteiger partial charge on any atom is -0.379 e. The van der Waals surface area contributed by atoms with Crippen molar-refractivity contribution in [2.75, 3.05) is 13.7 Å². The first-order valence-electron chi connectivity index (χ1n) is 13.4. The van der Waals surface area contributed by atoms with E-state index >= 15 is 0 Å². The van der Waals surface area contributed by atoms with Crippen LogP contribution >= 0.6 is 11.6 Å². The van der Waals surface area contributed by atoms with Crippen molar-refractivity contribution in [1.29, 1.82) is 5.26 Å². The molecule has 3 fully saturated rings. The first kappa shape index (κ1) is 26.7. The van der Waals surface area contributed by atoms with E-state index in [2.05, 4.69) is 27.0 Å². The highest BCUT2D eigenvalue weighted by molar-refractivity contribution is 6.20. The minimum absolute atomic E-state index is 0.0854. The normalized spacial score (nSPS) is 32.0. The molecule has 2 aliphatic heterocycles. The summed E-state index contributed by atoms with van der Waals surface area (Å²) in [5.74, 6) is -0.957. The number of hydrogen-bond acceptors (Lipinski definition) is 6. The van der Waals surface area contributed by atoms with Gasteiger partial charge in [0.25, 0.3) is 0 Å². The van der Waals surface area contributed by atoms with E-state index in [4.69, 9.17) is 16.3 Å². The third-order valence-electron chi connectivity index (χ3n) is 8.54. The van der Waals surface area contributed by atoms with Crippen molar-refractivity contribution in [3.05, 3.63) is 36.0 Å². The molecule has 9 nitrogen and oxygen atoms in total. The molecule has 2 amide bonds. The molecule has 2 aromatic rings. The Bertz CT molecular complexity index is 1220. The van der Waals surface area contributed by atoms with Crippen molar-refractivity contribution < 1.29 is 19.1 Å². The molecule has 7 atom stereocenters. The summed E-state index contributed by atoms with van der Waals surface area (Å²) in [5.41, 5.74) is 0.651. The monoisotopic (exact) mass is 539 g/mol. The Morgan fingerprint density at radius 2 is 2.11 bits per heavy atom. The number of ether oxygens (including phenoxy) is 1. The highest BCUT2D eigenvalue weighted by atomic mass is 35.5. The standard InChI is InChI=1S/C28H34ClN5O4/c1-38-25-22(27(37)32-19(15-30)12-17-7-5-11-31-26(17)36)34-24(28(25)10-4-8-18(29)14-28)23(35)21-13-16-6-2-3-9-20(16)33-21/h2-3,6,9,13,17-19,22,24-25,33-34H,4-5,7-8,10-12,14H2,1H3,(H,31,36)(H,32,37)/t17-,18?,19?,22?,24?,25?,28?/m0/s1. The van der Waals surface area contributed by atoms with Gasteiger partial charge in [0.1, 0.15) is 12.1 Å². The number of carbonyl (C=O) groups excluding carboxylic acids is 3. The van der Waals surface area contributed by atoms with Crippen LogP contribution in [0.25, 0.3) is 10.9 Å². The van der Waals surface area contributed by atoms with Gasteiger partial charge in [-0.05, 0) is 50.7 Å². The van der Waals surface area contributed by atoms with E-state index in [0.717, 1.165) is 30.2 Å². The number of rotatable bonds is 7. The Kier molecular flexibility index (Phi) is 7.75. The topological polar surface area (TPSA) is 136 Å². The lowest BCUT2D eigenvalue weighted by molar-refractivity contribution is -0.129. The molecule has 10 heteroatoms. The van der Waals surface area contributed by atoms with Crippen LogP contribution in [0.1, 0.15) is 55.4 Å². The summed E-state index contributed by atoms with van der Waals surface area (Å²) in [6.07, 6.45) is 4.03. The molecule has 3 aliphatic rings. The largest absolute Gasteiger partial charge is 0.379 e. The Hall–Kier alpha value is -2.93. The number of hydrogen-bond donors (Lipinski definition) is 4. The Morgan fingerprint density at radius 3 is 2.82 bits per heavy atom. The number of fused-ring (bicyclic) bond motifs is 1. The molecule has 38 heavy (non-hydrogen) atoms. The Labute approximate surface area is 227 Å². The summed E-state index contributed by atoms with van der Waals surface area (Å²) >= 11 is 6.66. The predicted molar refractivity (Wildman–Crippen MR) is 143 cm³/mol. The summed E-state index contributed by atoms with van der Waals surface area (Å²) in [6, 6.07) is 9.29. The summed E-state index contributed by atoms with van der Waals surface area (Å²) in [7, 11) is 1.55. The molecule has 6 unspecified atom stereocenters. The number of methoxy groups -OCH3 is 1. The number of nitriles is 1. The third-order valence-corrected chi connectivity index (χ3v) is 8.91. The van der Waals surface area contributed by atoms with Crippen molar-refractivity contribution in [3.8, 4) is 6.07 Å². The van der Waals surface area contributed by atoms with Crippen LogP contribution in [-0.4, -0.2) is 65.8 Å². The smallest absolute Gasteiger partial charge is 0.240 e. The van der Waals surface area contributed by atoms with Gasteiger partial charge in [-0.1, -0.05) is 24.6 Å². The van der Waals surface area contributed by atoms with Crippen LogP contribution in [0.4, 0.5) is 0 Å². The van der Waals surface area contributed by atoms with Gasteiger partial charge in [0, 0.05) is 41.3 Å². The van der Waals surface area contributed by atoms with E-state index in [0.29, 0.717) is 31.5 Å².